The first-order chi connectivity index (χ1) is 13.0. The topological polar surface area (TPSA) is 97.1 Å². The third-order valence-corrected chi connectivity index (χ3v) is 6.91. The zero-order valence-electron chi connectivity index (χ0n) is 14.7. The van der Waals surface area contributed by atoms with Crippen molar-refractivity contribution in [2.45, 2.75) is 23.8 Å². The number of amides is 1. The number of ether oxygens (including phenoxy) is 1. The molecule has 3 heterocycles. The van der Waals surface area contributed by atoms with E-state index in [0.29, 0.717) is 56.7 Å². The Morgan fingerprint density at radius 2 is 1.85 bits per heavy atom. The van der Waals surface area contributed by atoms with Crippen LogP contribution in [0.25, 0.3) is 11.0 Å². The van der Waals surface area contributed by atoms with Crippen LogP contribution in [0.2, 0.25) is 0 Å². The standard InChI is InChI=1S/C18H20N2O6S/c21-17-6-3-13-12-14(4-5-16(13)26-17)27(23,24)20-7-1-2-15(20)18(22)19-8-10-25-11-9-19/h3-6,12,15H,1-2,7-11H2. The monoisotopic (exact) mass is 392 g/mol. The molecule has 0 bridgehead atoms. The smallest absolute Gasteiger partial charge is 0.336 e. The van der Waals surface area contributed by atoms with Crippen LogP contribution in [0.4, 0.5) is 0 Å². The van der Waals surface area contributed by atoms with Crippen LogP contribution in [-0.4, -0.2) is 62.4 Å². The summed E-state index contributed by atoms with van der Waals surface area (Å²) in [6.45, 7) is 2.23. The fourth-order valence-electron chi connectivity index (χ4n) is 3.61. The molecule has 0 radical (unpaired) electrons. The number of fused-ring (bicyclic) bond motifs is 1. The van der Waals surface area contributed by atoms with Crippen LogP contribution in [0.1, 0.15) is 12.8 Å². The molecule has 144 valence electrons. The van der Waals surface area contributed by atoms with Crippen molar-refractivity contribution >= 4 is 26.9 Å². The Kier molecular flexibility index (Phi) is 4.75. The minimum absolute atomic E-state index is 0.0885. The van der Waals surface area contributed by atoms with E-state index in [2.05, 4.69) is 0 Å². The van der Waals surface area contributed by atoms with E-state index in [1.54, 1.807) is 4.90 Å². The highest BCUT2D eigenvalue weighted by Gasteiger charge is 2.41. The van der Waals surface area contributed by atoms with Gasteiger partial charge in [0.1, 0.15) is 11.6 Å². The van der Waals surface area contributed by atoms with Gasteiger partial charge in [-0.25, -0.2) is 13.2 Å². The van der Waals surface area contributed by atoms with E-state index >= 15 is 0 Å². The molecule has 9 heteroatoms. The molecule has 0 saturated carbocycles. The summed E-state index contributed by atoms with van der Waals surface area (Å²) >= 11 is 0. The number of rotatable bonds is 3. The first-order valence-corrected chi connectivity index (χ1v) is 10.3. The zero-order valence-corrected chi connectivity index (χ0v) is 15.5. The Morgan fingerprint density at radius 1 is 1.07 bits per heavy atom. The molecule has 1 aromatic carbocycles. The molecule has 1 amide bonds. The molecule has 2 fully saturated rings. The van der Waals surface area contributed by atoms with Gasteiger partial charge in [-0.15, -0.1) is 0 Å². The summed E-state index contributed by atoms with van der Waals surface area (Å²) in [5, 5.41) is 0.519. The Bertz CT molecular complexity index is 1030. The van der Waals surface area contributed by atoms with E-state index in [1.807, 2.05) is 0 Å². The molecule has 0 N–H and O–H groups in total. The molecule has 2 aliphatic rings. The lowest BCUT2D eigenvalue weighted by molar-refractivity contribution is -0.138. The van der Waals surface area contributed by atoms with Crippen LogP contribution < -0.4 is 5.63 Å². The van der Waals surface area contributed by atoms with Crippen LogP contribution in [0, 0.1) is 0 Å². The summed E-state index contributed by atoms with van der Waals surface area (Å²) in [6.07, 6.45) is 1.15. The van der Waals surface area contributed by atoms with Crippen molar-refractivity contribution in [3.63, 3.8) is 0 Å². The maximum atomic E-state index is 13.2. The van der Waals surface area contributed by atoms with E-state index < -0.39 is 21.7 Å². The summed E-state index contributed by atoms with van der Waals surface area (Å²) in [5.74, 6) is -0.161. The average Bonchev–Trinajstić information content (AvgIpc) is 3.18. The highest BCUT2D eigenvalue weighted by atomic mass is 32.2. The van der Waals surface area contributed by atoms with Crippen LogP contribution in [0.3, 0.4) is 0 Å². The van der Waals surface area contributed by atoms with Gasteiger partial charge in [-0.3, -0.25) is 4.79 Å². The Balaban J connectivity index is 1.64. The predicted molar refractivity (Wildman–Crippen MR) is 96.8 cm³/mol. The number of morpholine rings is 1. The number of carbonyl (C=O) groups excluding carboxylic acids is 1. The number of benzene rings is 1. The van der Waals surface area contributed by atoms with Crippen molar-refractivity contribution in [2.24, 2.45) is 0 Å². The molecule has 1 atom stereocenters. The molecule has 2 aromatic rings. The number of carbonyl (C=O) groups is 1. The van der Waals surface area contributed by atoms with Gasteiger partial charge in [0.15, 0.2) is 0 Å². The predicted octanol–water partition coefficient (Wildman–Crippen LogP) is 0.805. The molecule has 1 aromatic heterocycles. The van der Waals surface area contributed by atoms with Gasteiger partial charge in [0.25, 0.3) is 0 Å². The highest BCUT2D eigenvalue weighted by molar-refractivity contribution is 7.89. The molecular formula is C18H20N2O6S. The average molecular weight is 392 g/mol. The quantitative estimate of drug-likeness (QED) is 0.717. The van der Waals surface area contributed by atoms with E-state index in [4.69, 9.17) is 9.15 Å². The molecule has 27 heavy (non-hydrogen) atoms. The van der Waals surface area contributed by atoms with Crippen LogP contribution in [-0.2, 0) is 19.6 Å². The maximum absolute atomic E-state index is 13.2. The molecule has 4 rings (SSSR count). The number of hydrogen-bond acceptors (Lipinski definition) is 6. The third-order valence-electron chi connectivity index (χ3n) is 5.01. The summed E-state index contributed by atoms with van der Waals surface area (Å²) in [5.41, 5.74) is -0.169. The Morgan fingerprint density at radius 3 is 2.63 bits per heavy atom. The lowest BCUT2D eigenvalue weighted by atomic mass is 10.2. The van der Waals surface area contributed by atoms with Gasteiger partial charge in [-0.2, -0.15) is 4.31 Å². The van der Waals surface area contributed by atoms with Gasteiger partial charge in [0, 0.05) is 31.1 Å². The van der Waals surface area contributed by atoms with E-state index in [1.165, 1.54) is 34.6 Å². The SMILES string of the molecule is O=C(C1CCCN1S(=O)(=O)c1ccc2oc(=O)ccc2c1)N1CCOCC1. The highest BCUT2D eigenvalue weighted by Crippen LogP contribution is 2.29. The molecule has 8 nitrogen and oxygen atoms in total. The molecule has 1 unspecified atom stereocenters. The fraction of sp³-hybridized carbons (Fsp3) is 0.444. The Hall–Kier alpha value is -2.23. The Labute approximate surface area is 156 Å². The molecule has 0 spiro atoms. The van der Waals surface area contributed by atoms with Gasteiger partial charge in [-0.05, 0) is 37.1 Å². The second kappa shape index (κ2) is 7.06. The molecule has 0 aliphatic carbocycles. The lowest BCUT2D eigenvalue weighted by Gasteiger charge is -2.32. The minimum atomic E-state index is -3.84. The third kappa shape index (κ3) is 3.38. The van der Waals surface area contributed by atoms with Crippen LogP contribution in [0.5, 0.6) is 0 Å². The molecular weight excluding hydrogens is 372 g/mol. The lowest BCUT2D eigenvalue weighted by Crippen LogP contribution is -2.50. The molecule has 2 aliphatic heterocycles. The minimum Gasteiger partial charge on any atom is -0.423 e. The zero-order chi connectivity index (χ0) is 19.0. The second-order valence-corrected chi connectivity index (χ2v) is 8.56. The van der Waals surface area contributed by atoms with Crippen molar-refractivity contribution < 1.29 is 22.4 Å². The van der Waals surface area contributed by atoms with Crippen molar-refractivity contribution in [2.75, 3.05) is 32.8 Å². The van der Waals surface area contributed by atoms with E-state index in [9.17, 15) is 18.0 Å². The van der Waals surface area contributed by atoms with Crippen molar-refractivity contribution in [1.82, 2.24) is 9.21 Å². The van der Waals surface area contributed by atoms with Crippen molar-refractivity contribution in [3.8, 4) is 0 Å². The summed E-state index contributed by atoms with van der Waals surface area (Å²) in [4.78, 5) is 25.9. The normalized spacial score (nSPS) is 21.6. The summed E-state index contributed by atoms with van der Waals surface area (Å²) in [7, 11) is -3.84. The first-order valence-electron chi connectivity index (χ1n) is 8.89. The second-order valence-electron chi connectivity index (χ2n) is 6.67. The summed E-state index contributed by atoms with van der Waals surface area (Å²) < 4.78 is 38.0. The van der Waals surface area contributed by atoms with Gasteiger partial charge >= 0.3 is 5.63 Å². The largest absolute Gasteiger partial charge is 0.423 e. The van der Waals surface area contributed by atoms with Gasteiger partial charge in [0.2, 0.25) is 15.9 Å². The van der Waals surface area contributed by atoms with Crippen LogP contribution >= 0.6 is 0 Å². The van der Waals surface area contributed by atoms with Gasteiger partial charge in [0.05, 0.1) is 18.1 Å². The first kappa shape index (κ1) is 18.1. The maximum Gasteiger partial charge on any atom is 0.336 e. The van der Waals surface area contributed by atoms with Crippen molar-refractivity contribution in [1.29, 1.82) is 0 Å². The summed E-state index contributed by atoms with van der Waals surface area (Å²) in [6, 6.07) is 6.45. The number of hydrogen-bond donors (Lipinski definition) is 0. The van der Waals surface area contributed by atoms with Crippen LogP contribution in [0.15, 0.2) is 44.4 Å². The van der Waals surface area contributed by atoms with Crippen molar-refractivity contribution in [3.05, 3.63) is 40.8 Å². The number of nitrogens with zero attached hydrogens (tertiary/aromatic N) is 2. The fourth-order valence-corrected chi connectivity index (χ4v) is 5.30. The van der Waals surface area contributed by atoms with Gasteiger partial charge < -0.3 is 14.1 Å². The number of sulfonamides is 1. The molecule has 2 saturated heterocycles. The van der Waals surface area contributed by atoms with E-state index in [-0.39, 0.29) is 10.8 Å². The van der Waals surface area contributed by atoms with E-state index in [0.717, 1.165) is 0 Å². The van der Waals surface area contributed by atoms with Gasteiger partial charge in [-0.1, -0.05) is 0 Å².